The predicted octanol–water partition coefficient (Wildman–Crippen LogP) is -1.75. The number of phosphoric ester groups is 1. The zero-order valence-electron chi connectivity index (χ0n) is 27.5. The van der Waals surface area contributed by atoms with Gasteiger partial charge in [-0.25, -0.2) is 31.9 Å². The zero-order chi connectivity index (χ0) is 38.1. The first kappa shape index (κ1) is 51.6. The van der Waals surface area contributed by atoms with E-state index in [1.54, 1.807) is 0 Å². The number of phosphoric acid groups is 6. The van der Waals surface area contributed by atoms with Gasteiger partial charge in [-0.2, -0.15) is 21.6 Å². The predicted molar refractivity (Wildman–Crippen MR) is 159 cm³/mol. The summed E-state index contributed by atoms with van der Waals surface area (Å²) < 4.78 is 99.3. The molecule has 0 amide bonds. The average molecular weight is 868 g/mol. The van der Waals surface area contributed by atoms with Crippen molar-refractivity contribution in [2.24, 2.45) is 0 Å². The Labute approximate surface area is 308 Å². The third kappa shape index (κ3) is 18.5. The van der Waals surface area contributed by atoms with Crippen LogP contribution in [-0.2, 0) is 58.0 Å². The molecule has 0 aliphatic heterocycles. The number of aliphatic hydroxyl groups is 6. The maximum Gasteiger partial charge on any atom is 1.00 e. The van der Waals surface area contributed by atoms with Crippen LogP contribution in [0.4, 0.5) is 0 Å². The second-order valence-corrected chi connectivity index (χ2v) is 19.8. The third-order valence-electron chi connectivity index (χ3n) is 6.23. The summed E-state index contributed by atoms with van der Waals surface area (Å²) in [4.78, 5) is 55.3. The van der Waals surface area contributed by atoms with Crippen LogP contribution >= 0.6 is 46.9 Å². The Kier molecular flexibility index (Phi) is 21.9. The van der Waals surface area contributed by atoms with Crippen molar-refractivity contribution >= 4 is 46.9 Å². The van der Waals surface area contributed by atoms with Crippen molar-refractivity contribution in [1.29, 1.82) is 0 Å². The third-order valence-corrected chi connectivity index (χ3v) is 15.5. The summed E-state index contributed by atoms with van der Waals surface area (Å²) in [5, 5.41) is 60.8. The van der Waals surface area contributed by atoms with Gasteiger partial charge in [0.1, 0.15) is 30.5 Å². The number of hydrogen-bond donors (Lipinski definition) is 12. The molecule has 0 aromatic heterocycles. The van der Waals surface area contributed by atoms with Crippen LogP contribution in [0.15, 0.2) is 0 Å². The Hall–Kier alpha value is 1.62. The van der Waals surface area contributed by atoms with Crippen molar-refractivity contribution in [2.75, 3.05) is 6.61 Å². The molecule has 0 aromatic rings. The summed E-state index contributed by atoms with van der Waals surface area (Å²) >= 11 is 0. The van der Waals surface area contributed by atoms with E-state index in [0.29, 0.717) is 12.8 Å². The summed E-state index contributed by atoms with van der Waals surface area (Å²) in [7, 11) is -37.8. The summed E-state index contributed by atoms with van der Waals surface area (Å²) in [5.41, 5.74) is 0. The molecule has 1 fully saturated rings. The Morgan fingerprint density at radius 3 is 1.26 bits per heavy atom. The molecule has 296 valence electrons. The van der Waals surface area contributed by atoms with Crippen LogP contribution in [0.3, 0.4) is 0 Å². The van der Waals surface area contributed by atoms with E-state index in [-0.39, 0.29) is 37.4 Å². The van der Waals surface area contributed by atoms with Gasteiger partial charge < -0.3 is 61.4 Å². The standard InChI is InChI=1S/C18H42O25P6.Na.H/c1-2-3-4-5-6-7-8-9-10-11-12-37-49(36,38-18(24)16(22)14(20)13(19)15(21)17(18)23)43-48(34,35)42-47(32,33)41-46(30,31)40-45(28,29)39-44(25,26)27;;/h13-17,19-24H,2-12H2,1H3,(H,28,29)(H,30,31)(H,32,33)(H,34,35)(H2,25,26,27);;/q;+1;-1/t13?,14-,15+,16-,17-,18?,49?;;/m1../s1. The molecule has 1 saturated carbocycles. The van der Waals surface area contributed by atoms with Crippen molar-refractivity contribution in [3.63, 3.8) is 0 Å². The van der Waals surface area contributed by atoms with Crippen LogP contribution in [-0.4, -0.2) is 103 Å². The van der Waals surface area contributed by atoms with Gasteiger partial charge in [0.25, 0.3) is 0 Å². The molecule has 0 heterocycles. The number of rotatable bonds is 24. The van der Waals surface area contributed by atoms with Crippen LogP contribution in [0.2, 0.25) is 0 Å². The molecule has 0 saturated heterocycles. The van der Waals surface area contributed by atoms with E-state index in [4.69, 9.17) is 19.2 Å². The minimum absolute atomic E-state index is 0. The van der Waals surface area contributed by atoms with E-state index < -0.39 is 89.9 Å². The van der Waals surface area contributed by atoms with Crippen LogP contribution < -0.4 is 29.6 Å². The number of unbranched alkanes of at least 4 members (excludes halogenated alkanes) is 9. The molecule has 0 aromatic carbocycles. The van der Waals surface area contributed by atoms with Gasteiger partial charge in [0.15, 0.2) is 0 Å². The van der Waals surface area contributed by atoms with Gasteiger partial charge in [-0.15, -0.1) is 0 Å². The van der Waals surface area contributed by atoms with Crippen molar-refractivity contribution in [1.82, 2.24) is 0 Å². The summed E-state index contributed by atoms with van der Waals surface area (Å²) in [6.07, 6.45) is -5.25. The Morgan fingerprint density at radius 1 is 0.540 bits per heavy atom. The van der Waals surface area contributed by atoms with Gasteiger partial charge in [-0.1, -0.05) is 64.7 Å². The minimum Gasteiger partial charge on any atom is -1.00 e. The van der Waals surface area contributed by atoms with E-state index in [2.05, 4.69) is 33.0 Å². The van der Waals surface area contributed by atoms with E-state index in [9.17, 15) is 72.7 Å². The van der Waals surface area contributed by atoms with E-state index >= 15 is 0 Å². The second kappa shape index (κ2) is 21.2. The van der Waals surface area contributed by atoms with E-state index in [1.807, 2.05) is 0 Å². The molecule has 25 nitrogen and oxygen atoms in total. The van der Waals surface area contributed by atoms with E-state index in [1.165, 1.54) is 0 Å². The molecule has 7 unspecified atom stereocenters. The van der Waals surface area contributed by atoms with Gasteiger partial charge in [-0.3, -0.25) is 4.52 Å². The maximum absolute atomic E-state index is 13.5. The van der Waals surface area contributed by atoms with Crippen LogP contribution in [0.1, 0.15) is 72.6 Å². The second-order valence-electron chi connectivity index (χ2n) is 10.4. The smallest absolute Gasteiger partial charge is 1.00 e. The molecular formula is C18H43NaO25P6. The maximum atomic E-state index is 13.5. The van der Waals surface area contributed by atoms with Crippen molar-refractivity contribution < 1.29 is 149 Å². The monoisotopic (exact) mass is 868 g/mol. The molecule has 0 spiro atoms. The molecule has 50 heavy (non-hydrogen) atoms. The molecule has 12 N–H and O–H groups in total. The van der Waals surface area contributed by atoms with Crippen LogP contribution in [0.5, 0.6) is 0 Å². The van der Waals surface area contributed by atoms with Gasteiger partial charge in [0.2, 0.25) is 5.79 Å². The molecule has 1 rings (SSSR count). The number of hydrogen-bond acceptors (Lipinski definition) is 19. The Balaban J connectivity index is 0. The zero-order valence-corrected chi connectivity index (χ0v) is 33.9. The fourth-order valence-corrected chi connectivity index (χ4v) is 12.1. The van der Waals surface area contributed by atoms with Gasteiger partial charge >= 0.3 is 76.5 Å². The van der Waals surface area contributed by atoms with Crippen molar-refractivity contribution in [3.05, 3.63) is 0 Å². The number of aliphatic hydroxyl groups excluding tert-OH is 5. The van der Waals surface area contributed by atoms with E-state index in [0.717, 1.165) is 44.9 Å². The SMILES string of the molecule is CCCCCCCCCCCCOP(=O)(OC1(O)[C@H](O)[C@H](O)C(O)[C@H](O)[C@H]1O)OP(=O)(O)OP(=O)(O)OP(=O)(O)OP(=O)(O)OP(=O)(O)O.[H-].[Na+]. The molecule has 11 atom stereocenters. The molecule has 1 aliphatic rings. The quantitative estimate of drug-likeness (QED) is 0.0221. The molecule has 0 radical (unpaired) electrons. The first-order valence-corrected chi connectivity index (χ1v) is 23.1. The Bertz CT molecular complexity index is 1340. The first-order valence-electron chi connectivity index (χ1n) is 14.1. The summed E-state index contributed by atoms with van der Waals surface area (Å²) in [5.74, 6) is -3.85. The summed E-state index contributed by atoms with van der Waals surface area (Å²) in [6, 6.07) is 0. The van der Waals surface area contributed by atoms with Gasteiger partial charge in [0.05, 0.1) is 6.61 Å². The molecular weight excluding hydrogens is 825 g/mol. The largest absolute Gasteiger partial charge is 1.00 e. The summed E-state index contributed by atoms with van der Waals surface area (Å²) in [6.45, 7) is 1.34. The Morgan fingerprint density at radius 2 is 0.880 bits per heavy atom. The fourth-order valence-electron chi connectivity index (χ4n) is 4.07. The minimum atomic E-state index is -6.59. The first-order chi connectivity index (χ1) is 22.1. The van der Waals surface area contributed by atoms with Crippen molar-refractivity contribution in [3.8, 4) is 0 Å². The topological polar surface area (TPSA) is 410 Å². The molecule has 32 heteroatoms. The van der Waals surface area contributed by atoms with Crippen LogP contribution in [0, 0.1) is 0 Å². The van der Waals surface area contributed by atoms with Crippen LogP contribution in [0.25, 0.3) is 0 Å². The van der Waals surface area contributed by atoms with Gasteiger partial charge in [-0.05, 0) is 6.42 Å². The van der Waals surface area contributed by atoms with Gasteiger partial charge in [0, 0.05) is 0 Å². The normalized spacial score (nSPS) is 30.5. The van der Waals surface area contributed by atoms with Crippen molar-refractivity contribution in [2.45, 2.75) is 107 Å². The molecule has 0 bridgehead atoms. The fraction of sp³-hybridized carbons (Fsp3) is 1.00. The molecule has 1 aliphatic carbocycles. The average Bonchev–Trinajstić information content (AvgIpc) is 2.89.